The number of ketones is 1. The number of oxime groups is 1. The third-order valence-corrected chi connectivity index (χ3v) is 0.795. The fourth-order valence-corrected chi connectivity index (χ4v) is 0.323. The molecule has 0 N–H and O–H groups in total. The van der Waals surface area contributed by atoms with E-state index in [0.29, 0.717) is 12.0 Å². The molecule has 0 heterocycles. The van der Waals surface area contributed by atoms with Crippen molar-refractivity contribution in [1.29, 1.82) is 0 Å². The Hall–Kier alpha value is -1.33. The molecule has 0 spiro atoms. The Kier molecular flexibility index (Phi) is 4.16. The van der Waals surface area contributed by atoms with Crippen molar-refractivity contribution in [3.63, 3.8) is 0 Å². The van der Waals surface area contributed by atoms with Gasteiger partial charge in [0.1, 0.15) is 6.26 Å². The van der Waals surface area contributed by atoms with Crippen LogP contribution in [0, 0.1) is 0 Å². The molecule has 0 amide bonds. The summed E-state index contributed by atoms with van der Waals surface area (Å²) in [5.41, 5.74) is 0.532. The van der Waals surface area contributed by atoms with Gasteiger partial charge in [0.15, 0.2) is 0 Å². The molecule has 0 aliphatic carbocycles. The molecule has 13 heavy (non-hydrogen) atoms. The number of carbonyl (C=O) groups excluding carboxylic acids is 1. The second-order valence-electron chi connectivity index (χ2n) is 2.31. The lowest BCUT2D eigenvalue weighted by Crippen LogP contribution is -2.19. The zero-order valence-corrected chi connectivity index (χ0v) is 7.05. The highest BCUT2D eigenvalue weighted by molar-refractivity contribution is 5.94. The van der Waals surface area contributed by atoms with E-state index in [1.807, 2.05) is 0 Å². The maximum Gasteiger partial charge on any atom is 0.454 e. The predicted octanol–water partition coefficient (Wildman–Crippen LogP) is 2.04. The van der Waals surface area contributed by atoms with Crippen molar-refractivity contribution in [2.75, 3.05) is 0 Å². The number of rotatable bonds is 3. The Bertz CT molecular complexity index is 239. The molecular formula is C7H8F3NO2. The van der Waals surface area contributed by atoms with E-state index in [1.54, 1.807) is 13.8 Å². The number of halogens is 3. The van der Waals surface area contributed by atoms with Crippen LogP contribution in [-0.4, -0.2) is 17.7 Å². The Labute approximate surface area is 72.9 Å². The van der Waals surface area contributed by atoms with Crippen LogP contribution in [0.25, 0.3) is 0 Å². The summed E-state index contributed by atoms with van der Waals surface area (Å²) < 4.78 is 34.6. The summed E-state index contributed by atoms with van der Waals surface area (Å²) in [5, 5.41) is 3.29. The number of nitrogens with zero attached hydrogens (tertiary/aromatic N) is 1. The number of hydrogen-bond acceptors (Lipinski definition) is 3. The maximum absolute atomic E-state index is 11.5. The molecule has 0 unspecified atom stereocenters. The number of allylic oxidation sites excluding steroid dienone is 1. The molecule has 0 atom stereocenters. The molecule has 0 saturated heterocycles. The molecule has 0 saturated carbocycles. The largest absolute Gasteiger partial charge is 0.454 e. The van der Waals surface area contributed by atoms with E-state index in [4.69, 9.17) is 0 Å². The normalized spacial score (nSPS) is 11.5. The molecule has 0 fully saturated rings. The van der Waals surface area contributed by atoms with Crippen LogP contribution in [0.3, 0.4) is 0 Å². The number of carbonyl (C=O) groups is 1. The average Bonchev–Trinajstić information content (AvgIpc) is 1.95. The molecule has 6 heteroatoms. The SMILES string of the molecule is CC(C)=NO/C=C/C(=O)C(F)(F)F. The lowest BCUT2D eigenvalue weighted by atomic mass is 10.4. The molecule has 0 aliphatic rings. The Morgan fingerprint density at radius 1 is 1.38 bits per heavy atom. The van der Waals surface area contributed by atoms with E-state index >= 15 is 0 Å². The van der Waals surface area contributed by atoms with Crippen LogP contribution in [0.1, 0.15) is 13.8 Å². The molecular weight excluding hydrogens is 187 g/mol. The van der Waals surface area contributed by atoms with E-state index in [2.05, 4.69) is 9.99 Å². The highest BCUT2D eigenvalue weighted by atomic mass is 19.4. The second-order valence-corrected chi connectivity index (χ2v) is 2.31. The first-order valence-corrected chi connectivity index (χ1v) is 3.28. The van der Waals surface area contributed by atoms with E-state index in [9.17, 15) is 18.0 Å². The number of hydrogen-bond donors (Lipinski definition) is 0. The molecule has 0 rings (SSSR count). The van der Waals surface area contributed by atoms with Gasteiger partial charge in [-0.05, 0) is 13.8 Å². The second kappa shape index (κ2) is 4.64. The third-order valence-electron chi connectivity index (χ3n) is 0.795. The van der Waals surface area contributed by atoms with Crippen LogP contribution in [0.5, 0.6) is 0 Å². The first-order valence-electron chi connectivity index (χ1n) is 3.28. The van der Waals surface area contributed by atoms with E-state index < -0.39 is 12.0 Å². The van der Waals surface area contributed by atoms with Crippen LogP contribution in [0.2, 0.25) is 0 Å². The summed E-state index contributed by atoms with van der Waals surface area (Å²) in [4.78, 5) is 14.4. The van der Waals surface area contributed by atoms with E-state index in [1.165, 1.54) is 0 Å². The summed E-state index contributed by atoms with van der Waals surface area (Å²) in [6, 6.07) is 0. The highest BCUT2D eigenvalue weighted by Crippen LogP contribution is 2.16. The van der Waals surface area contributed by atoms with Crippen molar-refractivity contribution >= 4 is 11.5 Å². The standard InChI is InChI=1S/C7H8F3NO2/c1-5(2)11-13-4-3-6(12)7(8,9)10/h3-4H,1-2H3/b4-3+. The van der Waals surface area contributed by atoms with Gasteiger partial charge in [-0.3, -0.25) is 4.79 Å². The van der Waals surface area contributed by atoms with Crippen molar-refractivity contribution in [2.24, 2.45) is 5.16 Å². The van der Waals surface area contributed by atoms with Gasteiger partial charge in [0, 0.05) is 6.08 Å². The summed E-state index contributed by atoms with van der Waals surface area (Å²) in [5.74, 6) is -1.98. The summed E-state index contributed by atoms with van der Waals surface area (Å²) in [7, 11) is 0. The minimum atomic E-state index is -4.86. The first-order chi connectivity index (χ1) is 5.84. The van der Waals surface area contributed by atoms with Crippen LogP contribution in [0.4, 0.5) is 13.2 Å². The van der Waals surface area contributed by atoms with E-state index in [-0.39, 0.29) is 6.08 Å². The van der Waals surface area contributed by atoms with Crippen LogP contribution in [-0.2, 0) is 9.63 Å². The average molecular weight is 195 g/mol. The van der Waals surface area contributed by atoms with Crippen molar-refractivity contribution in [2.45, 2.75) is 20.0 Å². The highest BCUT2D eigenvalue weighted by Gasteiger charge is 2.36. The minimum absolute atomic E-state index is 0.270. The molecule has 0 bridgehead atoms. The van der Waals surface area contributed by atoms with Gasteiger partial charge in [-0.1, -0.05) is 5.16 Å². The topological polar surface area (TPSA) is 38.7 Å². The van der Waals surface area contributed by atoms with Gasteiger partial charge in [-0.15, -0.1) is 0 Å². The zero-order chi connectivity index (χ0) is 10.5. The van der Waals surface area contributed by atoms with Crippen molar-refractivity contribution in [1.82, 2.24) is 0 Å². The lowest BCUT2D eigenvalue weighted by molar-refractivity contribution is -0.165. The molecule has 0 aromatic carbocycles. The van der Waals surface area contributed by atoms with Crippen LogP contribution in [0.15, 0.2) is 17.5 Å². The van der Waals surface area contributed by atoms with E-state index in [0.717, 1.165) is 0 Å². The summed E-state index contributed by atoms with van der Waals surface area (Å²) in [6.07, 6.45) is -4.00. The van der Waals surface area contributed by atoms with Gasteiger partial charge >= 0.3 is 6.18 Å². The molecule has 74 valence electrons. The lowest BCUT2D eigenvalue weighted by Gasteiger charge is -1.98. The third kappa shape index (κ3) is 5.89. The monoisotopic (exact) mass is 195 g/mol. The van der Waals surface area contributed by atoms with Crippen molar-refractivity contribution in [3.8, 4) is 0 Å². The summed E-state index contributed by atoms with van der Waals surface area (Å²) >= 11 is 0. The smallest absolute Gasteiger partial charge is 0.365 e. The van der Waals surface area contributed by atoms with Gasteiger partial charge in [0.2, 0.25) is 0 Å². The molecule has 3 nitrogen and oxygen atoms in total. The van der Waals surface area contributed by atoms with Gasteiger partial charge < -0.3 is 4.84 Å². The quantitative estimate of drug-likeness (QED) is 0.299. The summed E-state index contributed by atoms with van der Waals surface area (Å²) in [6.45, 7) is 3.19. The number of alkyl halides is 3. The first kappa shape index (κ1) is 11.7. The maximum atomic E-state index is 11.5. The Balaban J connectivity index is 4.01. The van der Waals surface area contributed by atoms with Crippen molar-refractivity contribution < 1.29 is 22.8 Å². The zero-order valence-electron chi connectivity index (χ0n) is 7.05. The van der Waals surface area contributed by atoms with Crippen LogP contribution < -0.4 is 0 Å². The Morgan fingerprint density at radius 2 is 1.92 bits per heavy atom. The molecule has 0 radical (unpaired) electrons. The van der Waals surface area contributed by atoms with Gasteiger partial charge in [0.05, 0.1) is 5.71 Å². The Morgan fingerprint density at radius 3 is 2.31 bits per heavy atom. The van der Waals surface area contributed by atoms with Crippen LogP contribution >= 0.6 is 0 Å². The fourth-order valence-electron chi connectivity index (χ4n) is 0.323. The predicted molar refractivity (Wildman–Crippen MR) is 40.1 cm³/mol. The minimum Gasteiger partial charge on any atom is -0.365 e. The van der Waals surface area contributed by atoms with Gasteiger partial charge in [-0.2, -0.15) is 13.2 Å². The van der Waals surface area contributed by atoms with Crippen molar-refractivity contribution in [3.05, 3.63) is 12.3 Å². The fraction of sp³-hybridized carbons (Fsp3) is 0.429. The van der Waals surface area contributed by atoms with Gasteiger partial charge in [-0.25, -0.2) is 0 Å². The van der Waals surface area contributed by atoms with Gasteiger partial charge in [0.25, 0.3) is 5.78 Å². The molecule has 0 aromatic heterocycles. The molecule has 0 aliphatic heterocycles. The molecule has 0 aromatic rings.